The normalized spacial score (nSPS) is 12.8. The molecule has 0 saturated carbocycles. The number of aliphatic hydroxyl groups excluding tert-OH is 1. The molecule has 0 aliphatic heterocycles. The summed E-state index contributed by atoms with van der Waals surface area (Å²) in [5.41, 5.74) is 0.962. The van der Waals surface area contributed by atoms with E-state index in [4.69, 9.17) is 4.74 Å². The van der Waals surface area contributed by atoms with Crippen LogP contribution < -0.4 is 0 Å². The lowest BCUT2D eigenvalue weighted by Gasteiger charge is -2.10. The first-order valence-corrected chi connectivity index (χ1v) is 5.46. The summed E-state index contributed by atoms with van der Waals surface area (Å²) in [6.45, 7) is 0.702. The van der Waals surface area contributed by atoms with Crippen LogP contribution in [0, 0.1) is 0 Å². The molecule has 14 heavy (non-hydrogen) atoms. The van der Waals surface area contributed by atoms with E-state index in [0.717, 1.165) is 22.9 Å². The molecule has 78 valence electrons. The van der Waals surface area contributed by atoms with Crippen LogP contribution in [0.3, 0.4) is 0 Å². The second-order valence-electron chi connectivity index (χ2n) is 3.20. The van der Waals surface area contributed by atoms with Crippen LogP contribution in [0.5, 0.6) is 0 Å². The maximum Gasteiger partial charge on any atom is 0.0790 e. The third-order valence-electron chi connectivity index (χ3n) is 2.08. The topological polar surface area (TPSA) is 29.5 Å². The molecule has 1 unspecified atom stereocenters. The molecule has 3 heteroatoms. The highest BCUT2D eigenvalue weighted by Crippen LogP contribution is 2.20. The van der Waals surface area contributed by atoms with Crippen molar-refractivity contribution >= 4 is 15.9 Å². The number of ether oxygens (including phenoxy) is 1. The molecule has 0 aromatic heterocycles. The van der Waals surface area contributed by atoms with Crippen LogP contribution in [-0.2, 0) is 4.74 Å². The first-order chi connectivity index (χ1) is 6.74. The van der Waals surface area contributed by atoms with Gasteiger partial charge in [-0.25, -0.2) is 0 Å². The standard InChI is InChI=1S/C11H15BrO2/c1-14-8-2-3-11(13)9-4-6-10(12)7-5-9/h4-7,11,13H,2-3,8H2,1H3. The number of aliphatic hydroxyl groups is 1. The molecule has 0 heterocycles. The zero-order valence-corrected chi connectivity index (χ0v) is 9.83. The minimum Gasteiger partial charge on any atom is -0.388 e. The number of methoxy groups -OCH3 is 1. The fourth-order valence-corrected chi connectivity index (χ4v) is 1.54. The van der Waals surface area contributed by atoms with Gasteiger partial charge in [-0.2, -0.15) is 0 Å². The Bertz CT molecular complexity index is 258. The van der Waals surface area contributed by atoms with E-state index in [9.17, 15) is 5.11 Å². The van der Waals surface area contributed by atoms with Gasteiger partial charge in [-0.05, 0) is 30.5 Å². The maximum atomic E-state index is 9.77. The van der Waals surface area contributed by atoms with E-state index in [2.05, 4.69) is 15.9 Å². The van der Waals surface area contributed by atoms with Gasteiger partial charge in [0.2, 0.25) is 0 Å². The van der Waals surface area contributed by atoms with Crippen molar-refractivity contribution in [1.82, 2.24) is 0 Å². The van der Waals surface area contributed by atoms with E-state index in [1.165, 1.54) is 0 Å². The minimum atomic E-state index is -0.377. The van der Waals surface area contributed by atoms with Crippen LogP contribution in [0.4, 0.5) is 0 Å². The van der Waals surface area contributed by atoms with Crippen molar-refractivity contribution in [3.63, 3.8) is 0 Å². The molecule has 0 bridgehead atoms. The molecule has 1 aromatic rings. The van der Waals surface area contributed by atoms with Crippen LogP contribution in [0.15, 0.2) is 28.7 Å². The Morgan fingerprint density at radius 2 is 2.00 bits per heavy atom. The predicted octanol–water partition coefficient (Wildman–Crippen LogP) is 2.91. The smallest absolute Gasteiger partial charge is 0.0790 e. The fourth-order valence-electron chi connectivity index (χ4n) is 1.27. The van der Waals surface area contributed by atoms with E-state index >= 15 is 0 Å². The average molecular weight is 259 g/mol. The Hall–Kier alpha value is -0.380. The maximum absolute atomic E-state index is 9.77. The molecule has 0 spiro atoms. The van der Waals surface area contributed by atoms with Gasteiger partial charge >= 0.3 is 0 Å². The largest absolute Gasteiger partial charge is 0.388 e. The van der Waals surface area contributed by atoms with Gasteiger partial charge in [-0.15, -0.1) is 0 Å². The second-order valence-corrected chi connectivity index (χ2v) is 4.12. The monoisotopic (exact) mass is 258 g/mol. The summed E-state index contributed by atoms with van der Waals surface area (Å²) in [5.74, 6) is 0. The van der Waals surface area contributed by atoms with Crippen LogP contribution >= 0.6 is 15.9 Å². The number of benzene rings is 1. The highest BCUT2D eigenvalue weighted by molar-refractivity contribution is 9.10. The fraction of sp³-hybridized carbons (Fsp3) is 0.455. The molecule has 1 aromatic carbocycles. The molecule has 0 radical (unpaired) electrons. The van der Waals surface area contributed by atoms with Gasteiger partial charge < -0.3 is 9.84 Å². The van der Waals surface area contributed by atoms with Gasteiger partial charge in [0.25, 0.3) is 0 Å². The van der Waals surface area contributed by atoms with Gasteiger partial charge in [-0.3, -0.25) is 0 Å². The Morgan fingerprint density at radius 1 is 1.36 bits per heavy atom. The molecule has 2 nitrogen and oxygen atoms in total. The van der Waals surface area contributed by atoms with Crippen molar-refractivity contribution in [3.8, 4) is 0 Å². The van der Waals surface area contributed by atoms with E-state index in [0.29, 0.717) is 6.61 Å². The van der Waals surface area contributed by atoms with E-state index in [1.54, 1.807) is 7.11 Å². The molecular weight excluding hydrogens is 244 g/mol. The predicted molar refractivity (Wildman–Crippen MR) is 60.2 cm³/mol. The summed E-state index contributed by atoms with van der Waals surface area (Å²) in [6, 6.07) is 7.74. The van der Waals surface area contributed by atoms with Gasteiger partial charge in [0.15, 0.2) is 0 Å². The molecule has 0 amide bonds. The van der Waals surface area contributed by atoms with Crippen molar-refractivity contribution < 1.29 is 9.84 Å². The van der Waals surface area contributed by atoms with Gasteiger partial charge in [0.1, 0.15) is 0 Å². The highest BCUT2D eigenvalue weighted by Gasteiger charge is 2.06. The second kappa shape index (κ2) is 6.17. The van der Waals surface area contributed by atoms with E-state index < -0.39 is 0 Å². The summed E-state index contributed by atoms with van der Waals surface area (Å²) in [6.07, 6.45) is 1.25. The number of hydrogen-bond acceptors (Lipinski definition) is 2. The van der Waals surface area contributed by atoms with Gasteiger partial charge in [-0.1, -0.05) is 28.1 Å². The molecule has 1 rings (SSSR count). The number of hydrogen-bond donors (Lipinski definition) is 1. The first-order valence-electron chi connectivity index (χ1n) is 4.66. The highest BCUT2D eigenvalue weighted by atomic mass is 79.9. The quantitative estimate of drug-likeness (QED) is 0.824. The first kappa shape index (κ1) is 11.7. The van der Waals surface area contributed by atoms with Crippen molar-refractivity contribution in [2.75, 3.05) is 13.7 Å². The summed E-state index contributed by atoms with van der Waals surface area (Å²) >= 11 is 3.36. The molecule has 0 aliphatic rings. The molecular formula is C11H15BrO2. The van der Waals surface area contributed by atoms with E-state index in [1.807, 2.05) is 24.3 Å². The Morgan fingerprint density at radius 3 is 2.57 bits per heavy atom. The Kier molecular flexibility index (Phi) is 5.15. The van der Waals surface area contributed by atoms with E-state index in [-0.39, 0.29) is 6.10 Å². The summed E-state index contributed by atoms with van der Waals surface area (Å²) in [7, 11) is 1.67. The van der Waals surface area contributed by atoms with Crippen LogP contribution in [0.25, 0.3) is 0 Å². The molecule has 1 N–H and O–H groups in total. The molecule has 0 aliphatic carbocycles. The average Bonchev–Trinajstić information content (AvgIpc) is 2.19. The van der Waals surface area contributed by atoms with Crippen LogP contribution in [0.1, 0.15) is 24.5 Å². The zero-order valence-electron chi connectivity index (χ0n) is 8.24. The molecule has 0 saturated heterocycles. The SMILES string of the molecule is COCCCC(O)c1ccc(Br)cc1. The number of halogens is 1. The lowest BCUT2D eigenvalue weighted by atomic mass is 10.1. The van der Waals surface area contributed by atoms with Crippen LogP contribution in [-0.4, -0.2) is 18.8 Å². The van der Waals surface area contributed by atoms with Crippen molar-refractivity contribution in [1.29, 1.82) is 0 Å². The molecule has 0 fully saturated rings. The summed E-state index contributed by atoms with van der Waals surface area (Å²) in [5, 5.41) is 9.77. The van der Waals surface area contributed by atoms with Gasteiger partial charge in [0.05, 0.1) is 6.10 Å². The zero-order chi connectivity index (χ0) is 10.4. The van der Waals surface area contributed by atoms with Crippen molar-refractivity contribution in [2.24, 2.45) is 0 Å². The van der Waals surface area contributed by atoms with Crippen molar-refractivity contribution in [3.05, 3.63) is 34.3 Å². The summed E-state index contributed by atoms with van der Waals surface area (Å²) < 4.78 is 5.96. The Balaban J connectivity index is 2.43. The summed E-state index contributed by atoms with van der Waals surface area (Å²) in [4.78, 5) is 0. The minimum absolute atomic E-state index is 0.377. The Labute approximate surface area is 93.0 Å². The molecule has 1 atom stereocenters. The van der Waals surface area contributed by atoms with Crippen LogP contribution in [0.2, 0.25) is 0 Å². The lowest BCUT2D eigenvalue weighted by molar-refractivity contribution is 0.136. The number of rotatable bonds is 5. The van der Waals surface area contributed by atoms with Crippen molar-refractivity contribution in [2.45, 2.75) is 18.9 Å². The van der Waals surface area contributed by atoms with Gasteiger partial charge in [0, 0.05) is 18.2 Å². The lowest BCUT2D eigenvalue weighted by Crippen LogP contribution is -1.99. The third kappa shape index (κ3) is 3.78. The third-order valence-corrected chi connectivity index (χ3v) is 2.61.